The molecule has 2 aromatic heterocycles. The summed E-state index contributed by atoms with van der Waals surface area (Å²) in [6, 6.07) is 14.7. The number of rotatable bonds is 9. The first-order valence-electron chi connectivity index (χ1n) is 14.0. The zero-order chi connectivity index (χ0) is 27.0. The maximum absolute atomic E-state index is 6.31. The van der Waals surface area contributed by atoms with Crippen LogP contribution in [0.1, 0.15) is 36.5 Å². The van der Waals surface area contributed by atoms with Crippen LogP contribution < -0.4 is 9.47 Å². The molecule has 0 radical (unpaired) electrons. The Kier molecular flexibility index (Phi) is 6.99. The van der Waals surface area contributed by atoms with Crippen LogP contribution in [0.5, 0.6) is 11.6 Å². The third-order valence-corrected chi connectivity index (χ3v) is 7.98. The second kappa shape index (κ2) is 10.6. The molecule has 204 valence electrons. The predicted octanol–water partition coefficient (Wildman–Crippen LogP) is 4.72. The van der Waals surface area contributed by atoms with Crippen LogP contribution in [0, 0.1) is 13.8 Å². The van der Waals surface area contributed by atoms with E-state index < -0.39 is 0 Å². The average molecular weight is 527 g/mol. The van der Waals surface area contributed by atoms with Crippen LogP contribution >= 0.6 is 0 Å². The Balaban J connectivity index is 1.32. The quantitative estimate of drug-likeness (QED) is 0.313. The summed E-state index contributed by atoms with van der Waals surface area (Å²) >= 11 is 0. The van der Waals surface area contributed by atoms with E-state index in [4.69, 9.17) is 14.5 Å². The summed E-state index contributed by atoms with van der Waals surface area (Å²) in [6.45, 7) is 13.1. The molecule has 2 aliphatic rings. The molecule has 1 saturated carbocycles. The lowest BCUT2D eigenvalue weighted by molar-refractivity contribution is 0.133. The van der Waals surface area contributed by atoms with E-state index >= 15 is 0 Å². The molecule has 1 aliphatic heterocycles. The summed E-state index contributed by atoms with van der Waals surface area (Å²) in [6.07, 6.45) is 3.66. The van der Waals surface area contributed by atoms with Gasteiger partial charge in [-0.1, -0.05) is 30.3 Å². The Morgan fingerprint density at radius 1 is 0.949 bits per heavy atom. The highest BCUT2D eigenvalue weighted by atomic mass is 16.5. The van der Waals surface area contributed by atoms with Gasteiger partial charge in [-0.25, -0.2) is 9.97 Å². The van der Waals surface area contributed by atoms with Gasteiger partial charge in [0.25, 0.3) is 0 Å². The Morgan fingerprint density at radius 2 is 1.67 bits per heavy atom. The predicted molar refractivity (Wildman–Crippen MR) is 153 cm³/mol. The molecule has 1 saturated heterocycles. The van der Waals surface area contributed by atoms with Crippen molar-refractivity contribution in [3.8, 4) is 23.0 Å². The number of hydrogen-bond acceptors (Lipinski definition) is 7. The van der Waals surface area contributed by atoms with E-state index in [1.165, 1.54) is 5.56 Å². The molecule has 1 aliphatic carbocycles. The van der Waals surface area contributed by atoms with Crippen molar-refractivity contribution < 1.29 is 9.47 Å². The minimum Gasteiger partial charge on any atom is -0.492 e. The highest BCUT2D eigenvalue weighted by Crippen LogP contribution is 2.41. The van der Waals surface area contributed by atoms with Crippen molar-refractivity contribution in [2.24, 2.45) is 0 Å². The van der Waals surface area contributed by atoms with Crippen molar-refractivity contribution in [2.45, 2.75) is 45.8 Å². The maximum atomic E-state index is 6.31. The van der Waals surface area contributed by atoms with E-state index in [9.17, 15) is 0 Å². The monoisotopic (exact) mass is 526 g/mol. The van der Waals surface area contributed by atoms with Crippen molar-refractivity contribution in [1.82, 2.24) is 29.3 Å². The molecule has 0 N–H and O–H groups in total. The second-order valence-electron chi connectivity index (χ2n) is 11.3. The van der Waals surface area contributed by atoms with Gasteiger partial charge in [-0.05, 0) is 69.5 Å². The molecule has 0 amide bonds. The number of nitrogens with zero attached hydrogens (tertiary/aromatic N) is 6. The van der Waals surface area contributed by atoms with Gasteiger partial charge in [-0.15, -0.1) is 0 Å². The standard InChI is InChI=1S/C31H38N6O2/c1-22-18-25(38-17-16-36-14-12-35(4)13-15-36)19-23(2)26(22)28-34-27-29(37(28)20-24-8-6-5-7-9-24)32-21-33-30(27)39-31(3)10-11-31/h5-9,18-19,21H,10-17,20H2,1-4H3. The number of benzene rings is 2. The molecule has 0 unspecified atom stereocenters. The number of ether oxygens (including phenoxy) is 2. The zero-order valence-electron chi connectivity index (χ0n) is 23.5. The minimum atomic E-state index is -0.153. The smallest absolute Gasteiger partial charge is 0.245 e. The first-order chi connectivity index (χ1) is 18.9. The van der Waals surface area contributed by atoms with E-state index in [0.29, 0.717) is 24.5 Å². The minimum absolute atomic E-state index is 0.153. The van der Waals surface area contributed by atoms with E-state index in [0.717, 1.165) is 79.5 Å². The SMILES string of the molecule is Cc1cc(OCCN2CCN(C)CC2)cc(C)c1-c1nc2c(OC3(C)CC3)ncnc2n1Cc1ccccc1. The molecule has 39 heavy (non-hydrogen) atoms. The van der Waals surface area contributed by atoms with E-state index in [1.54, 1.807) is 6.33 Å². The highest BCUT2D eigenvalue weighted by molar-refractivity contribution is 5.83. The van der Waals surface area contributed by atoms with Crippen LogP contribution in [0.25, 0.3) is 22.6 Å². The van der Waals surface area contributed by atoms with Crippen molar-refractivity contribution in [2.75, 3.05) is 46.4 Å². The molecule has 4 aromatic rings. The average Bonchev–Trinajstić information content (AvgIpc) is 3.54. The largest absolute Gasteiger partial charge is 0.492 e. The van der Waals surface area contributed by atoms with Gasteiger partial charge in [-0.3, -0.25) is 4.90 Å². The third-order valence-electron chi connectivity index (χ3n) is 7.98. The lowest BCUT2D eigenvalue weighted by Crippen LogP contribution is -2.45. The molecule has 3 heterocycles. The van der Waals surface area contributed by atoms with E-state index in [1.807, 2.05) is 6.07 Å². The first-order valence-corrected chi connectivity index (χ1v) is 14.0. The molecule has 2 aromatic carbocycles. The van der Waals surface area contributed by atoms with Crippen molar-refractivity contribution in [3.05, 3.63) is 65.5 Å². The van der Waals surface area contributed by atoms with Crippen LogP contribution in [0.2, 0.25) is 0 Å². The van der Waals surface area contributed by atoms with Crippen LogP contribution in [-0.4, -0.2) is 81.3 Å². The molecular weight excluding hydrogens is 488 g/mol. The first kappa shape index (κ1) is 25.8. The summed E-state index contributed by atoms with van der Waals surface area (Å²) in [4.78, 5) is 19.1. The Hall–Kier alpha value is -3.49. The number of piperazine rings is 1. The number of fused-ring (bicyclic) bond motifs is 1. The summed E-state index contributed by atoms with van der Waals surface area (Å²) in [5.74, 6) is 2.34. The number of likely N-dealkylation sites (N-methyl/N-ethyl adjacent to an activating group) is 1. The summed E-state index contributed by atoms with van der Waals surface area (Å²) < 4.78 is 14.7. The molecule has 8 heteroatoms. The van der Waals surface area contributed by atoms with E-state index in [2.05, 4.69) is 88.6 Å². The number of imidazole rings is 1. The van der Waals surface area contributed by atoms with E-state index in [-0.39, 0.29) is 5.60 Å². The Morgan fingerprint density at radius 3 is 2.36 bits per heavy atom. The summed E-state index contributed by atoms with van der Waals surface area (Å²) in [5, 5.41) is 0. The van der Waals surface area contributed by atoms with Gasteiger partial charge in [0.2, 0.25) is 5.88 Å². The number of aryl methyl sites for hydroxylation is 2. The van der Waals surface area contributed by atoms with Gasteiger partial charge >= 0.3 is 0 Å². The molecule has 8 nitrogen and oxygen atoms in total. The zero-order valence-corrected chi connectivity index (χ0v) is 23.5. The third kappa shape index (κ3) is 5.63. The number of aromatic nitrogens is 4. The lowest BCUT2D eigenvalue weighted by atomic mass is 10.0. The maximum Gasteiger partial charge on any atom is 0.245 e. The molecule has 0 spiro atoms. The normalized spacial score (nSPS) is 17.4. The summed E-state index contributed by atoms with van der Waals surface area (Å²) in [7, 11) is 2.18. The molecule has 0 atom stereocenters. The highest BCUT2D eigenvalue weighted by Gasteiger charge is 2.41. The van der Waals surface area contributed by atoms with Gasteiger partial charge in [0, 0.05) is 38.3 Å². The van der Waals surface area contributed by atoms with Gasteiger partial charge in [0.1, 0.15) is 30.1 Å². The van der Waals surface area contributed by atoms with Crippen molar-refractivity contribution >= 4 is 11.2 Å². The summed E-state index contributed by atoms with van der Waals surface area (Å²) in [5.41, 5.74) is 5.88. The van der Waals surface area contributed by atoms with Gasteiger partial charge in [0.15, 0.2) is 11.2 Å². The van der Waals surface area contributed by atoms with Crippen LogP contribution in [0.15, 0.2) is 48.8 Å². The fourth-order valence-corrected chi connectivity index (χ4v) is 5.33. The Bertz CT molecular complexity index is 1430. The molecule has 2 fully saturated rings. The Labute approximate surface area is 230 Å². The van der Waals surface area contributed by atoms with Gasteiger partial charge in [0.05, 0.1) is 6.54 Å². The fraction of sp³-hybridized carbons (Fsp3) is 0.452. The number of hydrogen-bond donors (Lipinski definition) is 0. The molecule has 6 rings (SSSR count). The van der Waals surface area contributed by atoms with Crippen molar-refractivity contribution in [1.29, 1.82) is 0 Å². The lowest BCUT2D eigenvalue weighted by Gasteiger charge is -2.32. The second-order valence-corrected chi connectivity index (χ2v) is 11.3. The van der Waals surface area contributed by atoms with Crippen LogP contribution in [0.4, 0.5) is 0 Å². The van der Waals surface area contributed by atoms with Crippen molar-refractivity contribution in [3.63, 3.8) is 0 Å². The topological polar surface area (TPSA) is 68.5 Å². The molecule has 0 bridgehead atoms. The molecular formula is C31H38N6O2. The van der Waals surface area contributed by atoms with Crippen LogP contribution in [0.3, 0.4) is 0 Å². The van der Waals surface area contributed by atoms with Gasteiger partial charge in [-0.2, -0.15) is 4.98 Å². The fourth-order valence-electron chi connectivity index (χ4n) is 5.33. The van der Waals surface area contributed by atoms with Gasteiger partial charge < -0.3 is 18.9 Å². The van der Waals surface area contributed by atoms with Crippen LogP contribution in [-0.2, 0) is 6.54 Å².